The maximum absolute atomic E-state index is 9.21. The minimum Gasteiger partial charge on any atom is -0.394 e. The molecule has 0 unspecified atom stereocenters. The molecule has 0 amide bonds. The predicted octanol–water partition coefficient (Wildman–Crippen LogP) is -3.21. The molecule has 0 rings (SSSR count). The summed E-state index contributed by atoms with van der Waals surface area (Å²) in [5.41, 5.74) is 0. The highest BCUT2D eigenvalue weighted by Crippen LogP contribution is 2.04. The summed E-state index contributed by atoms with van der Waals surface area (Å²) in [6.07, 6.45) is -5.65. The van der Waals surface area contributed by atoms with Crippen LogP contribution in [-0.4, -0.2) is 70.1 Å². The van der Waals surface area contributed by atoms with Gasteiger partial charge in [0.2, 0.25) is 0 Å². The Hall–Kier alpha value is -0.310. The molecule has 0 aliphatic carbocycles. The first kappa shape index (κ1) is 16.1. The van der Waals surface area contributed by atoms with Crippen molar-refractivity contribution < 1.29 is 30.2 Å². The molecule has 0 aliphatic rings. The fourth-order valence-electron chi connectivity index (χ4n) is 0.893. The molecule has 4 atom stereocenters. The Morgan fingerprint density at radius 3 is 1.79 bits per heavy atom. The Bertz CT molecular complexity index is 139. The summed E-state index contributed by atoms with van der Waals surface area (Å²) in [7, 11) is 1.57. The smallest absolute Gasteiger partial charge is 0.111 e. The molecule has 7 heteroatoms. The summed E-state index contributed by atoms with van der Waals surface area (Å²) in [5.74, 6) is 0. The van der Waals surface area contributed by atoms with Crippen LogP contribution in [0, 0.1) is 0 Å². The van der Waals surface area contributed by atoms with E-state index in [0.717, 1.165) is 0 Å². The van der Waals surface area contributed by atoms with Crippen LogP contribution in [0.3, 0.4) is 0 Å². The minimum absolute atomic E-state index is 0. The monoisotopic (exact) mass is 215 g/mol. The van der Waals surface area contributed by atoms with E-state index in [9.17, 15) is 5.11 Å². The third kappa shape index (κ3) is 4.80. The number of rotatable bonds is 6. The summed E-state index contributed by atoms with van der Waals surface area (Å²) in [5, 5.41) is 47.5. The first-order valence-corrected chi connectivity index (χ1v) is 4.02. The van der Waals surface area contributed by atoms with Crippen LogP contribution in [0.2, 0.25) is 0 Å². The number of hydrogen-bond donors (Lipinski definition) is 6. The van der Waals surface area contributed by atoms with Gasteiger partial charge in [-0.3, -0.25) is 4.70 Å². The van der Waals surface area contributed by atoms with Crippen molar-refractivity contribution in [2.75, 3.05) is 20.2 Å². The number of likely N-dealkylation sites (N-methyl/N-ethyl adjacent to an activating group) is 1. The number of halogens is 1. The van der Waals surface area contributed by atoms with Crippen molar-refractivity contribution in [1.82, 2.24) is 5.32 Å². The molecule has 14 heavy (non-hydrogen) atoms. The highest BCUT2D eigenvalue weighted by atomic mass is 19.0. The molecule has 0 heterocycles. The summed E-state index contributed by atoms with van der Waals surface area (Å²) < 4.78 is 0. The minimum atomic E-state index is -1.55. The molecule has 0 aromatic heterocycles. The van der Waals surface area contributed by atoms with Gasteiger partial charge in [0.1, 0.15) is 18.3 Å². The molecule has 6 nitrogen and oxygen atoms in total. The average Bonchev–Trinajstić information content (AvgIpc) is 2.14. The maximum atomic E-state index is 9.21. The SMILES string of the molecule is CNC[C@@H](O)[C@@H](O)[C@H](O)[C@H](O)CO.F. The molecule has 88 valence electrons. The fourth-order valence-corrected chi connectivity index (χ4v) is 0.893. The molecule has 6 N–H and O–H groups in total. The van der Waals surface area contributed by atoms with Gasteiger partial charge in [-0.15, -0.1) is 0 Å². The van der Waals surface area contributed by atoms with E-state index >= 15 is 0 Å². The van der Waals surface area contributed by atoms with Gasteiger partial charge in [0, 0.05) is 6.54 Å². The van der Waals surface area contributed by atoms with Crippen molar-refractivity contribution in [2.24, 2.45) is 0 Å². The molecular formula is C7H18FNO5. The largest absolute Gasteiger partial charge is 0.394 e. The van der Waals surface area contributed by atoms with Crippen LogP contribution in [0.15, 0.2) is 0 Å². The normalized spacial score (nSPS) is 19.3. The van der Waals surface area contributed by atoms with Crippen LogP contribution >= 0.6 is 0 Å². The van der Waals surface area contributed by atoms with Gasteiger partial charge in [-0.25, -0.2) is 0 Å². The van der Waals surface area contributed by atoms with Crippen LogP contribution < -0.4 is 5.32 Å². The van der Waals surface area contributed by atoms with Gasteiger partial charge in [-0.2, -0.15) is 0 Å². The van der Waals surface area contributed by atoms with E-state index in [1.165, 1.54) is 0 Å². The van der Waals surface area contributed by atoms with Crippen molar-refractivity contribution in [3.05, 3.63) is 0 Å². The van der Waals surface area contributed by atoms with Gasteiger partial charge in [-0.05, 0) is 7.05 Å². The lowest BCUT2D eigenvalue weighted by Crippen LogP contribution is -2.48. The van der Waals surface area contributed by atoms with Crippen molar-refractivity contribution in [3.63, 3.8) is 0 Å². The zero-order valence-electron chi connectivity index (χ0n) is 7.87. The van der Waals surface area contributed by atoms with Gasteiger partial charge < -0.3 is 30.8 Å². The molecule has 0 aromatic rings. The van der Waals surface area contributed by atoms with Gasteiger partial charge in [0.25, 0.3) is 0 Å². The zero-order valence-corrected chi connectivity index (χ0v) is 7.87. The van der Waals surface area contributed by atoms with Gasteiger partial charge >= 0.3 is 0 Å². The van der Waals surface area contributed by atoms with Crippen LogP contribution in [0.25, 0.3) is 0 Å². The summed E-state index contributed by atoms with van der Waals surface area (Å²) in [4.78, 5) is 0. The van der Waals surface area contributed by atoms with Gasteiger partial charge in [0.05, 0.1) is 12.7 Å². The number of nitrogens with one attached hydrogen (secondary N) is 1. The lowest BCUT2D eigenvalue weighted by atomic mass is 10.0. The first-order valence-electron chi connectivity index (χ1n) is 4.02. The molecule has 0 saturated carbocycles. The van der Waals surface area contributed by atoms with E-state index in [2.05, 4.69) is 5.32 Å². The van der Waals surface area contributed by atoms with Crippen LogP contribution in [0.5, 0.6) is 0 Å². The first-order chi connectivity index (χ1) is 6.04. The van der Waals surface area contributed by atoms with E-state index in [0.29, 0.717) is 0 Å². The van der Waals surface area contributed by atoms with Gasteiger partial charge in [0.15, 0.2) is 0 Å². The van der Waals surface area contributed by atoms with E-state index in [1.54, 1.807) is 7.05 Å². The molecule has 0 fully saturated rings. The second-order valence-electron chi connectivity index (χ2n) is 2.86. The molecule has 0 saturated heterocycles. The quantitative estimate of drug-likeness (QED) is 0.278. The van der Waals surface area contributed by atoms with Crippen molar-refractivity contribution in [2.45, 2.75) is 24.4 Å². The standard InChI is InChI=1S/C7H17NO5.FH/c1-8-2-4(10)6(12)7(13)5(11)3-9;/h4-13H,2-3H2,1H3;1H/t4-,5-,6-,7-;/m1./s1. The predicted molar refractivity (Wildman–Crippen MR) is 47.5 cm³/mol. The Labute approximate surface area is 81.2 Å². The second kappa shape index (κ2) is 8.04. The van der Waals surface area contributed by atoms with E-state index in [-0.39, 0.29) is 11.2 Å². The van der Waals surface area contributed by atoms with Crippen LogP contribution in [-0.2, 0) is 0 Å². The maximum Gasteiger partial charge on any atom is 0.111 e. The van der Waals surface area contributed by atoms with E-state index < -0.39 is 31.0 Å². The highest BCUT2D eigenvalue weighted by Gasteiger charge is 2.29. The third-order valence-corrected chi connectivity index (χ3v) is 1.74. The fraction of sp³-hybridized carbons (Fsp3) is 1.00. The molecule has 0 radical (unpaired) electrons. The van der Waals surface area contributed by atoms with Crippen molar-refractivity contribution in [1.29, 1.82) is 0 Å². The summed E-state index contributed by atoms with van der Waals surface area (Å²) >= 11 is 0. The Kier molecular flexibility index (Phi) is 9.26. The number of hydrogen-bond acceptors (Lipinski definition) is 6. The number of aliphatic hydroxyl groups is 5. The van der Waals surface area contributed by atoms with Crippen molar-refractivity contribution >= 4 is 0 Å². The Morgan fingerprint density at radius 2 is 1.43 bits per heavy atom. The van der Waals surface area contributed by atoms with Gasteiger partial charge in [-0.1, -0.05) is 0 Å². The van der Waals surface area contributed by atoms with Crippen molar-refractivity contribution in [3.8, 4) is 0 Å². The lowest BCUT2D eigenvalue weighted by molar-refractivity contribution is -0.113. The summed E-state index contributed by atoms with van der Waals surface area (Å²) in [6.45, 7) is -0.569. The third-order valence-electron chi connectivity index (χ3n) is 1.74. The topological polar surface area (TPSA) is 113 Å². The zero-order chi connectivity index (χ0) is 10.4. The van der Waals surface area contributed by atoms with E-state index in [4.69, 9.17) is 20.4 Å². The summed E-state index contributed by atoms with van der Waals surface area (Å²) in [6, 6.07) is 0. The highest BCUT2D eigenvalue weighted by molar-refractivity contribution is 4.81. The molecule has 0 aromatic carbocycles. The molecule has 0 spiro atoms. The number of aliphatic hydroxyl groups excluding tert-OH is 5. The Morgan fingerprint density at radius 1 is 1.00 bits per heavy atom. The van der Waals surface area contributed by atoms with E-state index in [1.807, 2.05) is 0 Å². The molecule has 0 bridgehead atoms. The Balaban J connectivity index is 0. The molecular weight excluding hydrogens is 197 g/mol. The van der Waals surface area contributed by atoms with Crippen LogP contribution in [0.4, 0.5) is 4.70 Å². The second-order valence-corrected chi connectivity index (χ2v) is 2.86. The average molecular weight is 215 g/mol. The lowest BCUT2D eigenvalue weighted by Gasteiger charge is -2.25. The molecule has 0 aliphatic heterocycles. The van der Waals surface area contributed by atoms with Crippen LogP contribution in [0.1, 0.15) is 0 Å².